The monoisotopic (exact) mass is 193 g/mol. The Morgan fingerprint density at radius 3 is 2.36 bits per heavy atom. The first-order chi connectivity index (χ1) is 6.74. The highest BCUT2D eigenvalue weighted by Gasteiger charge is 2.12. The summed E-state index contributed by atoms with van der Waals surface area (Å²) in [7, 11) is 0. The molecule has 1 aromatic rings. The molecular weight excluding hydrogens is 176 g/mol. The molecule has 0 aromatic heterocycles. The molecule has 0 aliphatic heterocycles. The zero-order chi connectivity index (χ0) is 10.4. The molecule has 0 heterocycles. The van der Waals surface area contributed by atoms with Crippen LogP contribution in [0.25, 0.3) is 0 Å². The Morgan fingerprint density at radius 2 is 1.86 bits per heavy atom. The Labute approximate surface area is 85.2 Å². The number of aliphatic hydroxyl groups is 2. The van der Waals surface area contributed by atoms with Crippen LogP contribution >= 0.6 is 0 Å². The number of benzene rings is 1. The maximum Gasteiger partial charge on any atom is 0.0547 e. The molecule has 0 aliphatic rings. The van der Waals surface area contributed by atoms with Crippen molar-refractivity contribution >= 4 is 0 Å². The lowest BCUT2D eigenvalue weighted by atomic mass is 9.91. The van der Waals surface area contributed by atoms with E-state index in [2.05, 4.69) is 6.92 Å². The highest BCUT2D eigenvalue weighted by molar-refractivity contribution is 5.19. The van der Waals surface area contributed by atoms with Crippen molar-refractivity contribution in [2.75, 3.05) is 6.61 Å². The number of rotatable bonds is 5. The van der Waals surface area contributed by atoms with E-state index in [0.29, 0.717) is 12.8 Å². The molecular formula is C12H17O2. The van der Waals surface area contributed by atoms with Crippen LogP contribution in [0.3, 0.4) is 0 Å². The average Bonchev–Trinajstić information content (AvgIpc) is 2.18. The molecule has 2 atom stereocenters. The lowest BCUT2D eigenvalue weighted by Crippen LogP contribution is -2.10. The third kappa shape index (κ3) is 3.48. The Morgan fingerprint density at radius 1 is 1.21 bits per heavy atom. The third-order valence-electron chi connectivity index (χ3n) is 2.31. The second kappa shape index (κ2) is 5.78. The van der Waals surface area contributed by atoms with Gasteiger partial charge in [-0.3, -0.25) is 0 Å². The molecule has 0 bridgehead atoms. The van der Waals surface area contributed by atoms with E-state index in [-0.39, 0.29) is 12.5 Å². The predicted molar refractivity (Wildman–Crippen MR) is 56.9 cm³/mol. The maximum atomic E-state index is 9.22. The largest absolute Gasteiger partial charge is 0.396 e. The Balaban J connectivity index is 2.67. The van der Waals surface area contributed by atoms with Crippen molar-refractivity contribution in [1.29, 1.82) is 0 Å². The topological polar surface area (TPSA) is 40.5 Å². The van der Waals surface area contributed by atoms with Crippen LogP contribution in [0.1, 0.15) is 24.3 Å². The average molecular weight is 193 g/mol. The van der Waals surface area contributed by atoms with Gasteiger partial charge in [0, 0.05) is 6.61 Å². The van der Waals surface area contributed by atoms with Crippen LogP contribution in [0.5, 0.6) is 0 Å². The van der Waals surface area contributed by atoms with E-state index >= 15 is 0 Å². The fourth-order valence-electron chi connectivity index (χ4n) is 1.63. The minimum absolute atomic E-state index is 0.145. The zero-order valence-corrected chi connectivity index (χ0v) is 8.26. The molecule has 0 fully saturated rings. The van der Waals surface area contributed by atoms with Gasteiger partial charge in [-0.25, -0.2) is 0 Å². The summed E-state index contributed by atoms with van der Waals surface area (Å²) >= 11 is 0. The van der Waals surface area contributed by atoms with Gasteiger partial charge in [-0.1, -0.05) is 30.3 Å². The summed E-state index contributed by atoms with van der Waals surface area (Å²) in [5, 5.41) is 18.1. The van der Waals surface area contributed by atoms with E-state index in [9.17, 15) is 5.11 Å². The van der Waals surface area contributed by atoms with Gasteiger partial charge in [0.05, 0.1) is 6.10 Å². The van der Waals surface area contributed by atoms with Gasteiger partial charge in [-0.2, -0.15) is 0 Å². The summed E-state index contributed by atoms with van der Waals surface area (Å²) < 4.78 is 0. The lowest BCUT2D eigenvalue weighted by Gasteiger charge is -2.17. The number of hydrogen-bond donors (Lipinski definition) is 2. The minimum Gasteiger partial charge on any atom is -0.396 e. The van der Waals surface area contributed by atoms with Gasteiger partial charge in [0.25, 0.3) is 0 Å². The fourth-order valence-corrected chi connectivity index (χ4v) is 1.63. The van der Waals surface area contributed by atoms with E-state index in [0.717, 1.165) is 5.56 Å². The first kappa shape index (κ1) is 11.2. The molecule has 77 valence electrons. The van der Waals surface area contributed by atoms with Crippen molar-refractivity contribution in [3.8, 4) is 0 Å². The van der Waals surface area contributed by atoms with Crippen molar-refractivity contribution in [3.63, 3.8) is 0 Å². The summed E-state index contributed by atoms with van der Waals surface area (Å²) in [5.41, 5.74) is 1.16. The van der Waals surface area contributed by atoms with E-state index in [1.54, 1.807) is 0 Å². The van der Waals surface area contributed by atoms with E-state index in [4.69, 9.17) is 5.11 Å². The molecule has 0 spiro atoms. The lowest BCUT2D eigenvalue weighted by molar-refractivity contribution is 0.187. The van der Waals surface area contributed by atoms with E-state index in [1.807, 2.05) is 30.3 Å². The van der Waals surface area contributed by atoms with Crippen LogP contribution in [0.4, 0.5) is 0 Å². The van der Waals surface area contributed by atoms with Crippen molar-refractivity contribution in [2.24, 2.45) is 0 Å². The van der Waals surface area contributed by atoms with Crippen LogP contribution in [0.2, 0.25) is 0 Å². The first-order valence-corrected chi connectivity index (χ1v) is 4.91. The van der Waals surface area contributed by atoms with Gasteiger partial charge in [-0.15, -0.1) is 0 Å². The Bertz CT molecular complexity index is 244. The van der Waals surface area contributed by atoms with E-state index < -0.39 is 6.10 Å². The smallest absolute Gasteiger partial charge is 0.0547 e. The van der Waals surface area contributed by atoms with Crippen LogP contribution in [-0.4, -0.2) is 22.9 Å². The molecule has 1 radical (unpaired) electrons. The minimum atomic E-state index is -0.563. The molecule has 2 heteroatoms. The van der Waals surface area contributed by atoms with Gasteiger partial charge in [0.2, 0.25) is 0 Å². The molecule has 0 saturated heterocycles. The molecule has 14 heavy (non-hydrogen) atoms. The normalized spacial score (nSPS) is 15.1. The molecule has 0 amide bonds. The molecule has 2 nitrogen and oxygen atoms in total. The molecule has 0 aliphatic carbocycles. The van der Waals surface area contributed by atoms with Gasteiger partial charge in [0.15, 0.2) is 0 Å². The van der Waals surface area contributed by atoms with Crippen LogP contribution in [0, 0.1) is 6.92 Å². The highest BCUT2D eigenvalue weighted by Crippen LogP contribution is 2.24. The Kier molecular flexibility index (Phi) is 4.63. The second-order valence-corrected chi connectivity index (χ2v) is 3.51. The number of hydrogen-bond acceptors (Lipinski definition) is 2. The van der Waals surface area contributed by atoms with Crippen LogP contribution < -0.4 is 0 Å². The first-order valence-electron chi connectivity index (χ1n) is 4.91. The molecule has 2 unspecified atom stereocenters. The van der Waals surface area contributed by atoms with Crippen LogP contribution in [0.15, 0.2) is 30.3 Å². The van der Waals surface area contributed by atoms with Crippen molar-refractivity contribution in [2.45, 2.75) is 24.9 Å². The standard InChI is InChI=1S/C12H17O2/c1-10(14)9-12(7-8-13)11-5-3-2-4-6-11/h2-6,10,12-14H,1,7-9H2. The quantitative estimate of drug-likeness (QED) is 0.747. The summed E-state index contributed by atoms with van der Waals surface area (Å²) in [5.74, 6) is 0.202. The predicted octanol–water partition coefficient (Wildman–Crippen LogP) is 1.74. The summed E-state index contributed by atoms with van der Waals surface area (Å²) in [4.78, 5) is 0. The maximum absolute atomic E-state index is 9.22. The van der Waals surface area contributed by atoms with Gasteiger partial charge >= 0.3 is 0 Å². The van der Waals surface area contributed by atoms with E-state index in [1.165, 1.54) is 0 Å². The molecule has 1 aromatic carbocycles. The van der Waals surface area contributed by atoms with Gasteiger partial charge in [0.1, 0.15) is 0 Å². The van der Waals surface area contributed by atoms with Crippen LogP contribution in [-0.2, 0) is 0 Å². The SMILES string of the molecule is [CH2]C(O)CC(CCO)c1ccccc1. The van der Waals surface area contributed by atoms with Crippen molar-refractivity contribution in [3.05, 3.63) is 42.8 Å². The van der Waals surface area contributed by atoms with Gasteiger partial charge < -0.3 is 10.2 Å². The molecule has 1 rings (SSSR count). The third-order valence-corrected chi connectivity index (χ3v) is 2.31. The summed E-state index contributed by atoms with van der Waals surface area (Å²) in [6, 6.07) is 9.93. The molecule has 2 N–H and O–H groups in total. The zero-order valence-electron chi connectivity index (χ0n) is 8.26. The highest BCUT2D eigenvalue weighted by atomic mass is 16.3. The fraction of sp³-hybridized carbons (Fsp3) is 0.417. The van der Waals surface area contributed by atoms with Gasteiger partial charge in [-0.05, 0) is 31.2 Å². The Hall–Kier alpha value is -0.860. The summed E-state index contributed by atoms with van der Waals surface area (Å²) in [6.45, 7) is 3.71. The number of aliphatic hydroxyl groups excluding tert-OH is 2. The molecule has 0 saturated carbocycles. The van der Waals surface area contributed by atoms with Crippen molar-refractivity contribution < 1.29 is 10.2 Å². The summed E-state index contributed by atoms with van der Waals surface area (Å²) in [6.07, 6.45) is 0.716. The second-order valence-electron chi connectivity index (χ2n) is 3.51. The van der Waals surface area contributed by atoms with Crippen molar-refractivity contribution in [1.82, 2.24) is 0 Å².